The smallest absolute Gasteiger partial charge is 0.242 e. The van der Waals surface area contributed by atoms with E-state index in [2.05, 4.69) is 10.1 Å². The normalized spacial score (nSPS) is 11.1. The van der Waals surface area contributed by atoms with Crippen LogP contribution in [0.1, 0.15) is 40.1 Å². The fourth-order valence-electron chi connectivity index (χ4n) is 4.07. The molecule has 8 heteroatoms. The van der Waals surface area contributed by atoms with Gasteiger partial charge in [0.2, 0.25) is 11.8 Å². The van der Waals surface area contributed by atoms with Gasteiger partial charge in [-0.2, -0.15) is 0 Å². The molecule has 0 aromatic carbocycles. The zero-order valence-electron chi connectivity index (χ0n) is 19.7. The quantitative estimate of drug-likeness (QED) is 0.578. The van der Waals surface area contributed by atoms with Gasteiger partial charge in [-0.05, 0) is 45.2 Å². The molecule has 0 atom stereocenters. The van der Waals surface area contributed by atoms with Crippen LogP contribution in [0.4, 0.5) is 0 Å². The molecule has 3 aromatic rings. The molecule has 3 aromatic heterocycles. The third-order valence-corrected chi connectivity index (χ3v) is 5.87. The number of pyridine rings is 2. The van der Waals surface area contributed by atoms with Crippen molar-refractivity contribution < 1.29 is 14.3 Å². The fraction of sp³-hybridized carbons (Fsp3) is 0.478. The van der Waals surface area contributed by atoms with Crippen molar-refractivity contribution in [2.75, 3.05) is 21.3 Å². The van der Waals surface area contributed by atoms with Crippen LogP contribution in [-0.2, 0) is 24.8 Å². The molecular weight excluding hydrogens is 394 g/mol. The minimum absolute atomic E-state index is 0.0535. The Morgan fingerprint density at radius 3 is 2.48 bits per heavy atom. The highest BCUT2D eigenvalue weighted by Crippen LogP contribution is 2.30. The van der Waals surface area contributed by atoms with Crippen molar-refractivity contribution in [3.8, 4) is 11.6 Å². The molecule has 0 aliphatic heterocycles. The number of hydrogen-bond donors (Lipinski definition) is 0. The second kappa shape index (κ2) is 8.91. The van der Waals surface area contributed by atoms with Crippen molar-refractivity contribution in [3.05, 3.63) is 39.8 Å². The molecule has 3 rings (SSSR count). The predicted octanol–water partition coefficient (Wildman–Crippen LogP) is 3.21. The van der Waals surface area contributed by atoms with Crippen molar-refractivity contribution >= 4 is 16.9 Å². The molecule has 3 heterocycles. The molecule has 0 radical (unpaired) electrons. The van der Waals surface area contributed by atoms with Crippen LogP contribution in [0.2, 0.25) is 0 Å². The number of carbonyl (C=O) groups excluding carboxylic acids is 1. The van der Waals surface area contributed by atoms with Gasteiger partial charge in [0.05, 0.1) is 31.8 Å². The van der Waals surface area contributed by atoms with E-state index in [9.17, 15) is 4.79 Å². The Bertz CT molecular complexity index is 1140. The fourth-order valence-corrected chi connectivity index (χ4v) is 4.07. The second-order valence-electron chi connectivity index (χ2n) is 7.93. The summed E-state index contributed by atoms with van der Waals surface area (Å²) < 4.78 is 12.6. The van der Waals surface area contributed by atoms with Crippen LogP contribution in [0.15, 0.2) is 6.20 Å². The molecule has 0 saturated carbocycles. The number of nitrogens with zero attached hydrogens (tertiary/aromatic N) is 5. The third kappa shape index (κ3) is 4.19. The van der Waals surface area contributed by atoms with Gasteiger partial charge in [-0.3, -0.25) is 9.78 Å². The molecule has 0 N–H and O–H groups in total. The zero-order chi connectivity index (χ0) is 22.9. The van der Waals surface area contributed by atoms with E-state index in [1.807, 2.05) is 34.7 Å². The highest BCUT2D eigenvalue weighted by atomic mass is 16.5. The van der Waals surface area contributed by atoms with Crippen molar-refractivity contribution in [3.63, 3.8) is 0 Å². The number of ether oxygens (including phenoxy) is 2. The Kier molecular flexibility index (Phi) is 6.48. The summed E-state index contributed by atoms with van der Waals surface area (Å²) in [5, 5.41) is 5.29. The lowest BCUT2D eigenvalue weighted by Crippen LogP contribution is -2.27. The number of rotatable bonds is 7. The van der Waals surface area contributed by atoms with Gasteiger partial charge in [0.15, 0.2) is 5.65 Å². The van der Waals surface area contributed by atoms with E-state index in [1.54, 1.807) is 37.0 Å². The maximum Gasteiger partial charge on any atom is 0.242 e. The van der Waals surface area contributed by atoms with E-state index < -0.39 is 0 Å². The van der Waals surface area contributed by atoms with E-state index >= 15 is 0 Å². The minimum Gasteiger partial charge on any atom is -0.496 e. The zero-order valence-corrected chi connectivity index (χ0v) is 19.7. The lowest BCUT2D eigenvalue weighted by Gasteiger charge is -2.20. The van der Waals surface area contributed by atoms with Crippen LogP contribution in [0.25, 0.3) is 11.0 Å². The molecule has 1 amide bonds. The standard InChI is InChI=1S/C23H31N5O3/c1-13-11-24-18(15(3)21(13)30-7)12-27(5)19(29)10-9-17-14(2)20-22(25-16(17)4)28(6)26-23(20)31-8/h11H,9-10,12H2,1-8H3. The Hall–Kier alpha value is -3.16. The molecule has 166 valence electrons. The van der Waals surface area contributed by atoms with Crippen LogP contribution >= 0.6 is 0 Å². The van der Waals surface area contributed by atoms with E-state index in [4.69, 9.17) is 14.5 Å². The Morgan fingerprint density at radius 1 is 1.13 bits per heavy atom. The average molecular weight is 426 g/mol. The second-order valence-corrected chi connectivity index (χ2v) is 7.93. The van der Waals surface area contributed by atoms with Gasteiger partial charge >= 0.3 is 0 Å². The Morgan fingerprint density at radius 2 is 1.84 bits per heavy atom. The number of carbonyl (C=O) groups is 1. The monoisotopic (exact) mass is 425 g/mol. The maximum atomic E-state index is 12.9. The van der Waals surface area contributed by atoms with Gasteiger partial charge in [-0.1, -0.05) is 0 Å². The average Bonchev–Trinajstić information content (AvgIpc) is 3.05. The first-order chi connectivity index (χ1) is 14.7. The van der Waals surface area contributed by atoms with Gasteiger partial charge in [0.25, 0.3) is 0 Å². The minimum atomic E-state index is 0.0535. The number of amides is 1. The molecule has 0 aliphatic carbocycles. The third-order valence-electron chi connectivity index (χ3n) is 5.87. The highest BCUT2D eigenvalue weighted by molar-refractivity contribution is 5.86. The van der Waals surface area contributed by atoms with Crippen LogP contribution in [0.3, 0.4) is 0 Å². The van der Waals surface area contributed by atoms with Crippen LogP contribution in [-0.4, -0.2) is 51.8 Å². The van der Waals surface area contributed by atoms with Crippen LogP contribution in [0.5, 0.6) is 11.6 Å². The maximum absolute atomic E-state index is 12.9. The van der Waals surface area contributed by atoms with E-state index in [0.717, 1.165) is 50.4 Å². The molecule has 0 saturated heterocycles. The summed E-state index contributed by atoms with van der Waals surface area (Å²) in [6.45, 7) is 8.39. The van der Waals surface area contributed by atoms with Crippen molar-refractivity contribution in [2.45, 2.75) is 47.1 Å². The van der Waals surface area contributed by atoms with Gasteiger partial charge in [-0.15, -0.1) is 5.10 Å². The van der Waals surface area contributed by atoms with Crippen molar-refractivity contribution in [1.82, 2.24) is 24.6 Å². The highest BCUT2D eigenvalue weighted by Gasteiger charge is 2.20. The van der Waals surface area contributed by atoms with E-state index in [-0.39, 0.29) is 5.91 Å². The first kappa shape index (κ1) is 22.5. The molecule has 0 aliphatic rings. The lowest BCUT2D eigenvalue weighted by molar-refractivity contribution is -0.130. The predicted molar refractivity (Wildman–Crippen MR) is 120 cm³/mol. The largest absolute Gasteiger partial charge is 0.496 e. The summed E-state index contributed by atoms with van der Waals surface area (Å²) in [7, 11) is 6.92. The molecule has 0 bridgehead atoms. The van der Waals surface area contributed by atoms with Gasteiger partial charge < -0.3 is 14.4 Å². The molecule has 0 unspecified atom stereocenters. The number of fused-ring (bicyclic) bond motifs is 1. The summed E-state index contributed by atoms with van der Waals surface area (Å²) in [6.07, 6.45) is 2.77. The first-order valence-electron chi connectivity index (χ1n) is 10.3. The van der Waals surface area contributed by atoms with Crippen molar-refractivity contribution in [1.29, 1.82) is 0 Å². The topological polar surface area (TPSA) is 82.4 Å². The number of aryl methyl sites for hydroxylation is 4. The van der Waals surface area contributed by atoms with E-state index in [1.165, 1.54) is 0 Å². The summed E-state index contributed by atoms with van der Waals surface area (Å²) in [6, 6.07) is 0. The number of aromatic nitrogens is 4. The van der Waals surface area contributed by atoms with Gasteiger partial charge in [0.1, 0.15) is 5.75 Å². The Labute approximate surface area is 183 Å². The first-order valence-corrected chi connectivity index (χ1v) is 10.3. The lowest BCUT2D eigenvalue weighted by atomic mass is 10.00. The number of methoxy groups -OCH3 is 2. The van der Waals surface area contributed by atoms with Gasteiger partial charge in [-0.25, -0.2) is 9.67 Å². The number of hydrogen-bond acceptors (Lipinski definition) is 6. The molecule has 8 nitrogen and oxygen atoms in total. The molecular formula is C23H31N5O3. The van der Waals surface area contributed by atoms with E-state index in [0.29, 0.717) is 25.3 Å². The van der Waals surface area contributed by atoms with Gasteiger partial charge in [0, 0.05) is 43.5 Å². The summed E-state index contributed by atoms with van der Waals surface area (Å²) in [5.74, 6) is 1.43. The van der Waals surface area contributed by atoms with Crippen LogP contribution < -0.4 is 9.47 Å². The van der Waals surface area contributed by atoms with Crippen LogP contribution in [0, 0.1) is 27.7 Å². The SMILES string of the molecule is COc1c(C)cnc(CN(C)C(=O)CCc2c(C)nc3c(c(OC)nn3C)c2C)c1C. The molecule has 0 fully saturated rings. The van der Waals surface area contributed by atoms with Crippen molar-refractivity contribution in [2.24, 2.45) is 7.05 Å². The summed E-state index contributed by atoms with van der Waals surface area (Å²) in [5.41, 5.74) is 6.61. The summed E-state index contributed by atoms with van der Waals surface area (Å²) in [4.78, 5) is 23.8. The Balaban J connectivity index is 1.77. The summed E-state index contributed by atoms with van der Waals surface area (Å²) >= 11 is 0. The molecule has 31 heavy (non-hydrogen) atoms. The molecule has 0 spiro atoms.